The number of nitrogens with one attached hydrogen (secondary N) is 1. The number of carbonyl (C=O) groups is 3. The Bertz CT molecular complexity index is 889. The minimum Gasteiger partial charge on any atom is -0.457 e. The van der Waals surface area contributed by atoms with Crippen molar-refractivity contribution >= 4 is 17.7 Å². The van der Waals surface area contributed by atoms with Gasteiger partial charge in [0, 0.05) is 12.1 Å². The van der Waals surface area contributed by atoms with E-state index in [9.17, 15) is 18.8 Å². The van der Waals surface area contributed by atoms with Crippen LogP contribution in [0.2, 0.25) is 0 Å². The molecule has 1 unspecified atom stereocenters. The summed E-state index contributed by atoms with van der Waals surface area (Å²) < 4.78 is 19.1. The van der Waals surface area contributed by atoms with Crippen LogP contribution in [0, 0.1) is 0 Å². The lowest BCUT2D eigenvalue weighted by Crippen LogP contribution is -2.59. The van der Waals surface area contributed by atoms with Crippen molar-refractivity contribution in [2.45, 2.75) is 18.4 Å². The molecule has 3 N–H and O–H groups in total. The molecule has 0 spiro atoms. The van der Waals surface area contributed by atoms with Crippen molar-refractivity contribution < 1.29 is 23.5 Å². The molecule has 1 saturated heterocycles. The first-order valence-corrected chi connectivity index (χ1v) is 9.24. The third kappa shape index (κ3) is 4.37. The van der Waals surface area contributed by atoms with Gasteiger partial charge in [-0.2, -0.15) is 0 Å². The van der Waals surface area contributed by atoms with Gasteiger partial charge in [-0.1, -0.05) is 18.2 Å². The van der Waals surface area contributed by atoms with Crippen molar-refractivity contribution in [1.29, 1.82) is 0 Å². The van der Waals surface area contributed by atoms with Crippen LogP contribution in [-0.4, -0.2) is 47.9 Å². The summed E-state index contributed by atoms with van der Waals surface area (Å²) in [7, 11) is 0. The molecule has 0 radical (unpaired) electrons. The van der Waals surface area contributed by atoms with Crippen molar-refractivity contribution in [2.24, 2.45) is 5.73 Å². The Labute approximate surface area is 167 Å². The molecule has 29 heavy (non-hydrogen) atoms. The number of nitrogens with two attached hydrogens (primary N) is 1. The summed E-state index contributed by atoms with van der Waals surface area (Å²) in [6.07, 6.45) is 0.664. The monoisotopic (exact) mass is 399 g/mol. The van der Waals surface area contributed by atoms with Crippen molar-refractivity contribution in [3.05, 3.63) is 60.2 Å². The maximum absolute atomic E-state index is 13.5. The molecule has 2 aromatic rings. The number of benzene rings is 2. The molecule has 1 aliphatic heterocycles. The molecule has 1 heterocycles. The largest absolute Gasteiger partial charge is 0.457 e. The standard InChI is InChI=1S/C21H22FN3O4/c22-14-21(20(23)28)11-4-12-25(21)18(26)13-24-19(27)15-7-9-17(10-8-15)29-16-5-2-1-3-6-16/h1-3,5-10H,4,11-14H2,(H2,23,28)(H,24,27). The molecule has 3 amide bonds. The first-order valence-electron chi connectivity index (χ1n) is 9.24. The van der Waals surface area contributed by atoms with Gasteiger partial charge in [-0.15, -0.1) is 0 Å². The minimum absolute atomic E-state index is 0.182. The Kier molecular flexibility index (Phi) is 6.11. The molecule has 2 aromatic carbocycles. The van der Waals surface area contributed by atoms with E-state index >= 15 is 0 Å². The average Bonchev–Trinajstić information content (AvgIpc) is 3.19. The number of hydrogen-bond acceptors (Lipinski definition) is 4. The third-order valence-corrected chi connectivity index (χ3v) is 4.97. The Morgan fingerprint density at radius 3 is 2.34 bits per heavy atom. The predicted octanol–water partition coefficient (Wildman–Crippen LogP) is 2.02. The van der Waals surface area contributed by atoms with Crippen molar-refractivity contribution in [3.63, 3.8) is 0 Å². The lowest BCUT2D eigenvalue weighted by atomic mass is 9.97. The van der Waals surface area contributed by atoms with E-state index in [1.165, 1.54) is 0 Å². The quantitative estimate of drug-likeness (QED) is 0.744. The van der Waals surface area contributed by atoms with Gasteiger partial charge in [0.05, 0.1) is 6.54 Å². The highest BCUT2D eigenvalue weighted by Gasteiger charge is 2.48. The second-order valence-corrected chi connectivity index (χ2v) is 6.80. The molecule has 1 atom stereocenters. The van der Waals surface area contributed by atoms with Crippen LogP contribution in [0.15, 0.2) is 54.6 Å². The highest BCUT2D eigenvalue weighted by molar-refractivity contribution is 5.97. The first kappa shape index (κ1) is 20.3. The zero-order valence-corrected chi connectivity index (χ0v) is 15.8. The normalized spacial score (nSPS) is 18.3. The van der Waals surface area contributed by atoms with Crippen LogP contribution < -0.4 is 15.8 Å². The molecule has 1 fully saturated rings. The van der Waals surface area contributed by atoms with Crippen LogP contribution in [0.5, 0.6) is 11.5 Å². The van der Waals surface area contributed by atoms with Gasteiger partial charge in [0.25, 0.3) is 5.91 Å². The smallest absolute Gasteiger partial charge is 0.251 e. The van der Waals surface area contributed by atoms with Crippen LogP contribution in [0.1, 0.15) is 23.2 Å². The summed E-state index contributed by atoms with van der Waals surface area (Å²) in [5.41, 5.74) is 4.04. The summed E-state index contributed by atoms with van der Waals surface area (Å²) in [5.74, 6) is -0.641. The number of halogens is 1. The summed E-state index contributed by atoms with van der Waals surface area (Å²) >= 11 is 0. The zero-order valence-electron chi connectivity index (χ0n) is 15.8. The number of nitrogens with zero attached hydrogens (tertiary/aromatic N) is 1. The Hall–Kier alpha value is -3.42. The van der Waals surface area contributed by atoms with E-state index in [4.69, 9.17) is 10.5 Å². The minimum atomic E-state index is -1.61. The van der Waals surface area contributed by atoms with Crippen LogP contribution in [0.3, 0.4) is 0 Å². The summed E-state index contributed by atoms with van der Waals surface area (Å²) in [6, 6.07) is 15.6. The first-order chi connectivity index (χ1) is 14.0. The molecule has 8 heteroatoms. The molecule has 1 aliphatic rings. The highest BCUT2D eigenvalue weighted by atomic mass is 19.1. The number of amides is 3. The number of carbonyl (C=O) groups excluding carboxylic acids is 3. The van der Waals surface area contributed by atoms with Crippen molar-refractivity contribution in [3.8, 4) is 11.5 Å². The molecular formula is C21H22FN3O4. The van der Waals surface area contributed by atoms with E-state index in [2.05, 4.69) is 5.32 Å². The van der Waals surface area contributed by atoms with Crippen molar-refractivity contribution in [1.82, 2.24) is 10.2 Å². The molecule has 0 saturated carbocycles. The van der Waals surface area contributed by atoms with Gasteiger partial charge < -0.3 is 20.7 Å². The van der Waals surface area contributed by atoms with Gasteiger partial charge >= 0.3 is 0 Å². The number of ether oxygens (including phenoxy) is 1. The van der Waals surface area contributed by atoms with E-state index in [0.29, 0.717) is 23.5 Å². The Balaban J connectivity index is 1.58. The molecule has 3 rings (SSSR count). The number of alkyl halides is 1. The summed E-state index contributed by atoms with van der Waals surface area (Å²) in [6.45, 7) is -1.16. The van der Waals surface area contributed by atoms with E-state index in [1.807, 2.05) is 30.3 Å². The molecular weight excluding hydrogens is 377 g/mol. The van der Waals surface area contributed by atoms with Crippen LogP contribution in [0.4, 0.5) is 4.39 Å². The van der Waals surface area contributed by atoms with Crippen LogP contribution >= 0.6 is 0 Å². The summed E-state index contributed by atoms with van der Waals surface area (Å²) in [4.78, 5) is 37.6. The maximum atomic E-state index is 13.5. The number of likely N-dealkylation sites (tertiary alicyclic amines) is 1. The van der Waals surface area contributed by atoms with Gasteiger partial charge in [0.15, 0.2) is 0 Å². The Morgan fingerprint density at radius 2 is 1.72 bits per heavy atom. The van der Waals surface area contributed by atoms with Gasteiger partial charge in [-0.05, 0) is 49.2 Å². The van der Waals surface area contributed by atoms with Gasteiger partial charge in [0.2, 0.25) is 11.8 Å². The molecule has 0 bridgehead atoms. The van der Waals surface area contributed by atoms with Crippen molar-refractivity contribution in [2.75, 3.05) is 19.8 Å². The van der Waals surface area contributed by atoms with Crippen LogP contribution in [0.25, 0.3) is 0 Å². The number of primary amides is 1. The molecule has 152 valence electrons. The van der Waals surface area contributed by atoms with Crippen LogP contribution in [-0.2, 0) is 9.59 Å². The number of hydrogen-bond donors (Lipinski definition) is 2. The number of rotatable bonds is 7. The van der Waals surface area contributed by atoms with E-state index in [-0.39, 0.29) is 19.5 Å². The van der Waals surface area contributed by atoms with E-state index < -0.39 is 29.9 Å². The fourth-order valence-corrected chi connectivity index (χ4v) is 3.36. The lowest BCUT2D eigenvalue weighted by Gasteiger charge is -2.33. The highest BCUT2D eigenvalue weighted by Crippen LogP contribution is 2.29. The van der Waals surface area contributed by atoms with E-state index in [0.717, 1.165) is 4.90 Å². The lowest BCUT2D eigenvalue weighted by molar-refractivity contribution is -0.143. The second kappa shape index (κ2) is 8.72. The molecule has 0 aliphatic carbocycles. The number of para-hydroxylation sites is 1. The fraction of sp³-hybridized carbons (Fsp3) is 0.286. The van der Waals surface area contributed by atoms with Gasteiger partial charge in [-0.3, -0.25) is 14.4 Å². The average molecular weight is 399 g/mol. The maximum Gasteiger partial charge on any atom is 0.251 e. The topological polar surface area (TPSA) is 102 Å². The predicted molar refractivity (Wildman–Crippen MR) is 104 cm³/mol. The third-order valence-electron chi connectivity index (χ3n) is 4.97. The van der Waals surface area contributed by atoms with Gasteiger partial charge in [0.1, 0.15) is 23.7 Å². The molecule has 7 nitrogen and oxygen atoms in total. The SMILES string of the molecule is NC(=O)C1(CF)CCCN1C(=O)CNC(=O)c1ccc(Oc2ccccc2)cc1. The van der Waals surface area contributed by atoms with E-state index in [1.54, 1.807) is 24.3 Å². The summed E-state index contributed by atoms with van der Waals surface area (Å²) in [5, 5.41) is 2.50. The molecule has 0 aromatic heterocycles. The van der Waals surface area contributed by atoms with Gasteiger partial charge in [-0.25, -0.2) is 4.39 Å². The second-order valence-electron chi connectivity index (χ2n) is 6.80. The Morgan fingerprint density at radius 1 is 1.07 bits per heavy atom. The zero-order chi connectivity index (χ0) is 20.9. The fourth-order valence-electron chi connectivity index (χ4n) is 3.36.